The Kier molecular flexibility index (Phi) is 4.14. The summed E-state index contributed by atoms with van der Waals surface area (Å²) in [6, 6.07) is 14.1. The number of anilines is 4. The molecule has 1 fully saturated rings. The maximum atomic E-state index is 14.6. The first-order chi connectivity index (χ1) is 15.2. The molecular formula is C23H22FN7. The van der Waals surface area contributed by atoms with Gasteiger partial charge in [-0.05, 0) is 55.8 Å². The fourth-order valence-electron chi connectivity index (χ4n) is 4.87. The number of rotatable bonds is 3. The third kappa shape index (κ3) is 3.02. The summed E-state index contributed by atoms with van der Waals surface area (Å²) in [7, 11) is 0. The summed E-state index contributed by atoms with van der Waals surface area (Å²) in [6.45, 7) is 2.80. The van der Waals surface area contributed by atoms with Gasteiger partial charge in [0, 0.05) is 28.7 Å². The summed E-state index contributed by atoms with van der Waals surface area (Å²) in [4.78, 5) is 11.1. The van der Waals surface area contributed by atoms with Crippen LogP contribution in [0.2, 0.25) is 0 Å². The van der Waals surface area contributed by atoms with Gasteiger partial charge in [-0.3, -0.25) is 5.10 Å². The minimum absolute atomic E-state index is 0.0828. The lowest BCUT2D eigenvalue weighted by Crippen LogP contribution is -2.42. The molecule has 31 heavy (non-hydrogen) atoms. The fraction of sp³-hybridized carbons (Fsp3) is 0.261. The second kappa shape index (κ2) is 7.02. The van der Waals surface area contributed by atoms with Crippen molar-refractivity contribution in [2.45, 2.75) is 18.3 Å². The van der Waals surface area contributed by atoms with Crippen molar-refractivity contribution < 1.29 is 4.39 Å². The van der Waals surface area contributed by atoms with Crippen LogP contribution in [0.4, 0.5) is 27.5 Å². The van der Waals surface area contributed by atoms with Crippen molar-refractivity contribution in [3.8, 4) is 0 Å². The van der Waals surface area contributed by atoms with E-state index >= 15 is 0 Å². The molecule has 2 aliphatic rings. The molecule has 0 amide bonds. The van der Waals surface area contributed by atoms with E-state index in [-0.39, 0.29) is 11.2 Å². The van der Waals surface area contributed by atoms with E-state index in [0.717, 1.165) is 54.8 Å². The molecule has 0 bridgehead atoms. The van der Waals surface area contributed by atoms with Gasteiger partial charge in [0.25, 0.3) is 0 Å². The van der Waals surface area contributed by atoms with Crippen LogP contribution < -0.4 is 15.5 Å². The minimum atomic E-state index is -0.486. The lowest BCUT2D eigenvalue weighted by Gasteiger charge is -2.34. The Labute approximate surface area is 178 Å². The second-order valence-electron chi connectivity index (χ2n) is 8.30. The van der Waals surface area contributed by atoms with Gasteiger partial charge in [0.1, 0.15) is 0 Å². The summed E-state index contributed by atoms with van der Waals surface area (Å²) >= 11 is 0. The molecule has 0 unspecified atom stereocenters. The molecule has 4 heterocycles. The minimum Gasteiger partial charge on any atom is -0.338 e. The van der Waals surface area contributed by atoms with Crippen LogP contribution in [0.3, 0.4) is 0 Å². The van der Waals surface area contributed by atoms with Crippen molar-refractivity contribution >= 4 is 34.0 Å². The SMILES string of the molecule is Fc1cnc(N2CC3(CCNCC3)c3ccccc32)nc1Nc1ccc2[nH]ncc2c1. The molecule has 4 aromatic rings. The third-order valence-corrected chi connectivity index (χ3v) is 6.46. The van der Waals surface area contributed by atoms with Crippen LogP contribution in [0.25, 0.3) is 10.9 Å². The number of piperidine rings is 1. The number of halogens is 1. The highest BCUT2D eigenvalue weighted by Crippen LogP contribution is 2.48. The topological polar surface area (TPSA) is 81.8 Å². The van der Waals surface area contributed by atoms with Gasteiger partial charge in [0.2, 0.25) is 5.95 Å². The average molecular weight is 415 g/mol. The van der Waals surface area contributed by atoms with Crippen molar-refractivity contribution in [1.29, 1.82) is 0 Å². The Bertz CT molecular complexity index is 1260. The van der Waals surface area contributed by atoms with E-state index in [0.29, 0.717) is 5.95 Å². The van der Waals surface area contributed by atoms with Gasteiger partial charge in [-0.1, -0.05) is 18.2 Å². The Morgan fingerprint density at radius 3 is 2.84 bits per heavy atom. The first-order valence-electron chi connectivity index (χ1n) is 10.5. The summed E-state index contributed by atoms with van der Waals surface area (Å²) < 4.78 is 14.6. The molecule has 0 saturated carbocycles. The lowest BCUT2D eigenvalue weighted by molar-refractivity contribution is 0.329. The highest BCUT2D eigenvalue weighted by atomic mass is 19.1. The molecule has 0 radical (unpaired) electrons. The molecule has 2 aromatic heterocycles. The summed E-state index contributed by atoms with van der Waals surface area (Å²) in [6.07, 6.45) is 5.12. The molecule has 7 nitrogen and oxygen atoms in total. The maximum Gasteiger partial charge on any atom is 0.232 e. The van der Waals surface area contributed by atoms with E-state index in [1.807, 2.05) is 24.3 Å². The normalized spacial score (nSPS) is 17.3. The van der Waals surface area contributed by atoms with E-state index < -0.39 is 5.82 Å². The van der Waals surface area contributed by atoms with Crippen LogP contribution >= 0.6 is 0 Å². The second-order valence-corrected chi connectivity index (χ2v) is 8.30. The van der Waals surface area contributed by atoms with Gasteiger partial charge < -0.3 is 15.5 Å². The molecule has 2 aliphatic heterocycles. The summed E-state index contributed by atoms with van der Waals surface area (Å²) in [5.74, 6) is 0.188. The van der Waals surface area contributed by atoms with E-state index in [2.05, 4.69) is 53.9 Å². The predicted octanol–water partition coefficient (Wildman–Crippen LogP) is 4.01. The van der Waals surface area contributed by atoms with E-state index in [1.165, 1.54) is 11.8 Å². The van der Waals surface area contributed by atoms with Gasteiger partial charge in [-0.2, -0.15) is 10.1 Å². The molecule has 3 N–H and O–H groups in total. The van der Waals surface area contributed by atoms with E-state index in [1.54, 1.807) is 6.20 Å². The molecule has 156 valence electrons. The number of aromatic amines is 1. The van der Waals surface area contributed by atoms with Crippen molar-refractivity contribution in [2.75, 3.05) is 29.9 Å². The largest absolute Gasteiger partial charge is 0.338 e. The first kappa shape index (κ1) is 18.3. The van der Waals surface area contributed by atoms with Crippen LogP contribution in [0.15, 0.2) is 54.9 Å². The van der Waals surface area contributed by atoms with Crippen LogP contribution in [0.1, 0.15) is 18.4 Å². The number of nitrogens with zero attached hydrogens (tertiary/aromatic N) is 4. The monoisotopic (exact) mass is 415 g/mol. The van der Waals surface area contributed by atoms with Gasteiger partial charge in [0.15, 0.2) is 11.6 Å². The van der Waals surface area contributed by atoms with Crippen molar-refractivity contribution in [1.82, 2.24) is 25.5 Å². The Hall–Kier alpha value is -3.52. The van der Waals surface area contributed by atoms with Gasteiger partial charge in [0.05, 0.1) is 17.9 Å². The molecule has 1 spiro atoms. The number of hydrogen-bond donors (Lipinski definition) is 3. The average Bonchev–Trinajstić information content (AvgIpc) is 3.39. The quantitative estimate of drug-likeness (QED) is 0.469. The number of benzene rings is 2. The Morgan fingerprint density at radius 1 is 1.06 bits per heavy atom. The molecule has 0 aliphatic carbocycles. The molecular weight excluding hydrogens is 393 g/mol. The summed E-state index contributed by atoms with van der Waals surface area (Å²) in [5.41, 5.74) is 4.20. The number of fused-ring (bicyclic) bond motifs is 3. The van der Waals surface area contributed by atoms with Gasteiger partial charge >= 0.3 is 0 Å². The molecule has 8 heteroatoms. The van der Waals surface area contributed by atoms with Crippen molar-refractivity contribution in [3.63, 3.8) is 0 Å². The predicted molar refractivity (Wildman–Crippen MR) is 119 cm³/mol. The van der Waals surface area contributed by atoms with E-state index in [4.69, 9.17) is 0 Å². The van der Waals surface area contributed by atoms with Gasteiger partial charge in [-0.15, -0.1) is 0 Å². The smallest absolute Gasteiger partial charge is 0.232 e. The number of hydrogen-bond acceptors (Lipinski definition) is 6. The Morgan fingerprint density at radius 2 is 1.94 bits per heavy atom. The fourth-order valence-corrected chi connectivity index (χ4v) is 4.87. The lowest BCUT2D eigenvalue weighted by atomic mass is 9.75. The number of nitrogens with one attached hydrogen (secondary N) is 3. The molecule has 1 saturated heterocycles. The Balaban J connectivity index is 1.36. The maximum absolute atomic E-state index is 14.6. The number of H-pyrrole nitrogens is 1. The zero-order valence-corrected chi connectivity index (χ0v) is 16.9. The zero-order valence-electron chi connectivity index (χ0n) is 16.9. The number of para-hydroxylation sites is 1. The van der Waals surface area contributed by atoms with E-state index in [9.17, 15) is 4.39 Å². The highest BCUT2D eigenvalue weighted by Gasteiger charge is 2.44. The standard InChI is InChI=1S/C23H22FN7/c24-18-13-26-22(29-21(18)28-16-5-6-19-15(11-16)12-27-30-19)31-14-23(7-9-25-10-8-23)17-3-1-2-4-20(17)31/h1-6,11-13,25H,7-10,14H2,(H,27,30)(H,26,28,29). The van der Waals surface area contributed by atoms with Crippen LogP contribution in [-0.4, -0.2) is 39.8 Å². The first-order valence-corrected chi connectivity index (χ1v) is 10.5. The highest BCUT2D eigenvalue weighted by molar-refractivity contribution is 5.82. The zero-order chi connectivity index (χ0) is 20.8. The van der Waals surface area contributed by atoms with Gasteiger partial charge in [-0.25, -0.2) is 9.37 Å². The van der Waals surface area contributed by atoms with Crippen LogP contribution in [0, 0.1) is 5.82 Å². The van der Waals surface area contributed by atoms with Crippen LogP contribution in [0.5, 0.6) is 0 Å². The van der Waals surface area contributed by atoms with Crippen molar-refractivity contribution in [2.24, 2.45) is 0 Å². The van der Waals surface area contributed by atoms with Crippen LogP contribution in [-0.2, 0) is 5.41 Å². The molecule has 0 atom stereocenters. The number of aromatic nitrogens is 4. The van der Waals surface area contributed by atoms with Crippen molar-refractivity contribution in [3.05, 3.63) is 66.2 Å². The summed E-state index contributed by atoms with van der Waals surface area (Å²) in [5, 5.41) is 14.5. The molecule has 6 rings (SSSR count). The molecule has 2 aromatic carbocycles. The third-order valence-electron chi connectivity index (χ3n) is 6.46.